The highest BCUT2D eigenvalue weighted by atomic mass is 16.2. The van der Waals surface area contributed by atoms with Crippen LogP contribution >= 0.6 is 0 Å². The number of amides is 2. The number of H-pyrrole nitrogens is 2. The van der Waals surface area contributed by atoms with E-state index >= 15 is 0 Å². The predicted molar refractivity (Wildman–Crippen MR) is 177 cm³/mol. The maximum Gasteiger partial charge on any atom is 0.223 e. The molecule has 2 amide bonds. The molecule has 0 radical (unpaired) electrons. The van der Waals surface area contributed by atoms with Crippen molar-refractivity contribution in [2.45, 2.75) is 90.4 Å². The van der Waals surface area contributed by atoms with E-state index in [-0.39, 0.29) is 23.9 Å². The van der Waals surface area contributed by atoms with Crippen LogP contribution < -0.4 is 0 Å². The number of likely N-dealkylation sites (tertiary alicyclic amines) is 2. The lowest BCUT2D eigenvalue weighted by atomic mass is 10.0. The van der Waals surface area contributed by atoms with Gasteiger partial charge in [-0.15, -0.1) is 0 Å². The fourth-order valence-corrected chi connectivity index (χ4v) is 7.88. The molecule has 4 heterocycles. The molecule has 8 heteroatoms. The number of hydrogen-bond acceptors (Lipinski definition) is 4. The Morgan fingerprint density at radius 2 is 1.35 bits per heavy atom. The second kappa shape index (κ2) is 11.2. The molecule has 8 nitrogen and oxygen atoms in total. The summed E-state index contributed by atoms with van der Waals surface area (Å²) in [6.07, 6.45) is 9.11. The summed E-state index contributed by atoms with van der Waals surface area (Å²) in [5.74, 6) is 10.7. The standard InChI is InChI=1S/C38H42N6O2/c1-21(2)11-35(45)43-31-15-27(31)17-33(43)37-39-19-29(41-37)10-6-23-5-7-25-14-26(9-8-24(25)13-23)30-20-40-38(42-30)34-18-28-16-32(28)44(34)36(46)12-22(3)4/h5,7-9,13-14,19-22,27-28,31-34H,11-12,15-18H2,1-4H3,(H,39,41)(H,40,42)/t27-,28-,31-,32?,33+,34+/m1/s1. The number of carbonyl (C=O) groups is 2. The summed E-state index contributed by atoms with van der Waals surface area (Å²) in [6.45, 7) is 8.40. The molecule has 2 N–H and O–H groups in total. The van der Waals surface area contributed by atoms with E-state index in [9.17, 15) is 9.59 Å². The van der Waals surface area contributed by atoms with Crippen LogP contribution in [0.2, 0.25) is 0 Å². The van der Waals surface area contributed by atoms with E-state index in [1.54, 1.807) is 6.20 Å². The van der Waals surface area contributed by atoms with Crippen LogP contribution in [0.3, 0.4) is 0 Å². The molecule has 6 atom stereocenters. The summed E-state index contributed by atoms with van der Waals surface area (Å²) in [7, 11) is 0. The van der Waals surface area contributed by atoms with Crippen LogP contribution in [0.4, 0.5) is 0 Å². The highest BCUT2D eigenvalue weighted by Crippen LogP contribution is 2.54. The van der Waals surface area contributed by atoms with E-state index in [0.29, 0.717) is 48.6 Å². The molecule has 4 fully saturated rings. The molecule has 1 unspecified atom stereocenters. The first kappa shape index (κ1) is 29.1. The molecule has 46 heavy (non-hydrogen) atoms. The van der Waals surface area contributed by atoms with Crippen molar-refractivity contribution in [1.29, 1.82) is 0 Å². The summed E-state index contributed by atoms with van der Waals surface area (Å²) >= 11 is 0. The molecule has 2 saturated heterocycles. The van der Waals surface area contributed by atoms with E-state index in [2.05, 4.69) is 101 Å². The Kier molecular flexibility index (Phi) is 7.04. The summed E-state index contributed by atoms with van der Waals surface area (Å²) in [6, 6.07) is 13.6. The van der Waals surface area contributed by atoms with Crippen LogP contribution in [-0.4, -0.2) is 53.6 Å². The van der Waals surface area contributed by atoms with Crippen molar-refractivity contribution in [2.75, 3.05) is 0 Å². The van der Waals surface area contributed by atoms with Gasteiger partial charge in [0.1, 0.15) is 17.3 Å². The van der Waals surface area contributed by atoms with Crippen LogP contribution in [0.1, 0.15) is 101 Å². The summed E-state index contributed by atoms with van der Waals surface area (Å²) in [5, 5.41) is 2.25. The Labute approximate surface area is 270 Å². The first-order chi connectivity index (χ1) is 22.2. The molecular weight excluding hydrogens is 572 g/mol. The normalized spacial score (nSPS) is 26.0. The van der Waals surface area contributed by atoms with Crippen LogP contribution in [0.15, 0.2) is 48.8 Å². The van der Waals surface area contributed by atoms with Gasteiger partial charge in [-0.05, 0) is 84.2 Å². The fourth-order valence-electron chi connectivity index (χ4n) is 7.88. The van der Waals surface area contributed by atoms with E-state index in [1.165, 1.54) is 0 Å². The van der Waals surface area contributed by atoms with Crippen molar-refractivity contribution < 1.29 is 9.59 Å². The number of nitrogens with zero attached hydrogens (tertiary/aromatic N) is 4. The largest absolute Gasteiger partial charge is 0.340 e. The first-order valence-corrected chi connectivity index (χ1v) is 17.0. The van der Waals surface area contributed by atoms with Gasteiger partial charge in [0.25, 0.3) is 0 Å². The molecule has 2 aliphatic carbocycles. The second-order valence-electron chi connectivity index (χ2n) is 14.8. The lowest BCUT2D eigenvalue weighted by Crippen LogP contribution is -2.34. The maximum atomic E-state index is 13.0. The molecule has 2 saturated carbocycles. The average Bonchev–Trinajstić information content (AvgIpc) is 3.63. The number of rotatable bonds is 7. The minimum absolute atomic E-state index is 0.0291. The number of fused-ring (bicyclic) bond motifs is 3. The number of benzene rings is 2. The maximum absolute atomic E-state index is 13.0. The van der Waals surface area contributed by atoms with Crippen molar-refractivity contribution in [3.05, 3.63) is 71.7 Å². The van der Waals surface area contributed by atoms with Crippen molar-refractivity contribution in [3.8, 4) is 23.1 Å². The zero-order valence-corrected chi connectivity index (χ0v) is 27.1. The fraction of sp³-hybridized carbons (Fsp3) is 0.474. The number of hydrogen-bond donors (Lipinski definition) is 2. The van der Waals surface area contributed by atoms with Crippen molar-refractivity contribution >= 4 is 22.6 Å². The zero-order chi connectivity index (χ0) is 31.7. The van der Waals surface area contributed by atoms with Gasteiger partial charge in [0, 0.05) is 36.1 Å². The number of piperidine rings is 2. The molecule has 0 bridgehead atoms. The Morgan fingerprint density at radius 3 is 2.00 bits per heavy atom. The highest BCUT2D eigenvalue weighted by Gasteiger charge is 2.55. The van der Waals surface area contributed by atoms with Gasteiger partial charge >= 0.3 is 0 Å². The molecule has 236 valence electrons. The Morgan fingerprint density at radius 1 is 0.761 bits per heavy atom. The molecular formula is C38H42N6O2. The number of aromatic nitrogens is 4. The zero-order valence-electron chi connectivity index (χ0n) is 27.1. The average molecular weight is 615 g/mol. The monoisotopic (exact) mass is 614 g/mol. The SMILES string of the molecule is CC(C)CC(=O)N1C2C[C@@H]2C[C@H]1c1ncc(-c2ccc3cc(C#Cc4cnc([C@@H]5C[C@H]6C[C@H]6N5C(=O)CC(C)C)[nH]4)ccc3c2)[nH]1. The summed E-state index contributed by atoms with van der Waals surface area (Å²) in [5.41, 5.74) is 3.74. The number of nitrogens with one attached hydrogen (secondary N) is 2. The molecule has 8 rings (SSSR count). The van der Waals surface area contributed by atoms with Gasteiger partial charge in [0.05, 0.1) is 30.2 Å². The molecule has 2 aromatic carbocycles. The third kappa shape index (κ3) is 5.40. The first-order valence-electron chi connectivity index (χ1n) is 17.0. The van der Waals surface area contributed by atoms with E-state index in [0.717, 1.165) is 70.6 Å². The number of imidazole rings is 2. The predicted octanol–water partition coefficient (Wildman–Crippen LogP) is 6.77. The van der Waals surface area contributed by atoms with Gasteiger partial charge < -0.3 is 19.8 Å². The van der Waals surface area contributed by atoms with Crippen LogP contribution in [-0.2, 0) is 9.59 Å². The Hall–Kier alpha value is -4.38. The van der Waals surface area contributed by atoms with Crippen molar-refractivity contribution in [1.82, 2.24) is 29.7 Å². The van der Waals surface area contributed by atoms with Crippen molar-refractivity contribution in [3.63, 3.8) is 0 Å². The Bertz CT molecular complexity index is 1890. The highest BCUT2D eigenvalue weighted by molar-refractivity contribution is 5.88. The molecule has 4 aromatic rings. The Balaban J connectivity index is 0.963. The third-order valence-corrected chi connectivity index (χ3v) is 10.3. The van der Waals surface area contributed by atoms with Gasteiger partial charge in [0.2, 0.25) is 11.8 Å². The minimum atomic E-state index is 0.0291. The van der Waals surface area contributed by atoms with Crippen molar-refractivity contribution in [2.24, 2.45) is 23.7 Å². The third-order valence-electron chi connectivity index (χ3n) is 10.3. The molecule has 2 aliphatic heterocycles. The molecule has 2 aromatic heterocycles. The van der Waals surface area contributed by atoms with Gasteiger partial charge in [-0.1, -0.05) is 51.8 Å². The van der Waals surface area contributed by atoms with Crippen LogP contribution in [0.5, 0.6) is 0 Å². The van der Waals surface area contributed by atoms with Crippen LogP contribution in [0, 0.1) is 35.5 Å². The number of carbonyl (C=O) groups excluding carboxylic acids is 2. The van der Waals surface area contributed by atoms with Gasteiger partial charge in [-0.3, -0.25) is 9.59 Å². The van der Waals surface area contributed by atoms with Crippen LogP contribution in [0.25, 0.3) is 22.0 Å². The smallest absolute Gasteiger partial charge is 0.223 e. The van der Waals surface area contributed by atoms with E-state index < -0.39 is 0 Å². The van der Waals surface area contributed by atoms with Gasteiger partial charge in [-0.25, -0.2) is 9.97 Å². The lowest BCUT2D eigenvalue weighted by Gasteiger charge is -2.27. The molecule has 0 spiro atoms. The minimum Gasteiger partial charge on any atom is -0.340 e. The van der Waals surface area contributed by atoms with Gasteiger partial charge in [0.15, 0.2) is 0 Å². The summed E-state index contributed by atoms with van der Waals surface area (Å²) in [4.78, 5) is 46.6. The van der Waals surface area contributed by atoms with E-state index in [4.69, 9.17) is 4.98 Å². The lowest BCUT2D eigenvalue weighted by molar-refractivity contribution is -0.135. The van der Waals surface area contributed by atoms with E-state index in [1.807, 2.05) is 6.20 Å². The molecule has 4 aliphatic rings. The second-order valence-corrected chi connectivity index (χ2v) is 14.8. The quantitative estimate of drug-likeness (QED) is 0.225. The number of aromatic amines is 2. The summed E-state index contributed by atoms with van der Waals surface area (Å²) < 4.78 is 0. The topological polar surface area (TPSA) is 98.0 Å². The van der Waals surface area contributed by atoms with Gasteiger partial charge in [-0.2, -0.15) is 0 Å².